The van der Waals surface area contributed by atoms with E-state index in [9.17, 15) is 19.5 Å². The van der Waals surface area contributed by atoms with Crippen molar-refractivity contribution in [2.24, 2.45) is 0 Å². The second-order valence-corrected chi connectivity index (χ2v) is 7.25. The van der Waals surface area contributed by atoms with Crippen molar-refractivity contribution in [3.05, 3.63) is 52.6 Å². The number of nitrogens with zero attached hydrogens (tertiary/aromatic N) is 1. The summed E-state index contributed by atoms with van der Waals surface area (Å²) in [5.41, 5.74) is -0.189. The van der Waals surface area contributed by atoms with Crippen LogP contribution in [0.1, 0.15) is 6.92 Å². The van der Waals surface area contributed by atoms with Gasteiger partial charge in [-0.15, -0.1) is 0 Å². The number of rotatable bonds is 8. The normalized spacial score (nSPS) is 15.3. The van der Waals surface area contributed by atoms with Crippen molar-refractivity contribution >= 4 is 19.4 Å². The molecule has 12 heteroatoms. The largest absolute Gasteiger partial charge is 0.513 e. The zero-order valence-corrected chi connectivity index (χ0v) is 15.3. The lowest BCUT2D eigenvalue weighted by Gasteiger charge is -2.22. The van der Waals surface area contributed by atoms with E-state index in [1.807, 2.05) is 0 Å². The summed E-state index contributed by atoms with van der Waals surface area (Å²) in [6, 6.07) is 7.89. The third-order valence-corrected chi connectivity index (χ3v) is 5.17. The average Bonchev–Trinajstić information content (AvgIpc) is 3.09. The molecule has 0 fully saturated rings. The molecule has 1 unspecified atom stereocenters. The maximum absolute atomic E-state index is 13.2. The van der Waals surface area contributed by atoms with Crippen molar-refractivity contribution in [3.63, 3.8) is 0 Å². The predicted molar refractivity (Wildman–Crippen MR) is 94.8 cm³/mol. The zero-order chi connectivity index (χ0) is 20.3. The molecular weight excluding hydrogens is 395 g/mol. The number of hydrogen-bond acceptors (Lipinski definition) is 8. The Kier molecular flexibility index (Phi) is 5.39. The maximum Gasteiger partial charge on any atom is 0.513 e. The van der Waals surface area contributed by atoms with Gasteiger partial charge in [-0.1, -0.05) is 0 Å². The van der Waals surface area contributed by atoms with Gasteiger partial charge in [-0.25, -0.2) is 4.57 Å². The van der Waals surface area contributed by atoms with Gasteiger partial charge in [0, 0.05) is 18.2 Å². The summed E-state index contributed by atoms with van der Waals surface area (Å²) in [7, 11) is -4.23. The predicted octanol–water partition coefficient (Wildman–Crippen LogP) is 2.95. The quantitative estimate of drug-likeness (QED) is 0.378. The standard InChI is InChI=1S/C16H15N2O9P/c1-10(16(19)20)17-28(23,26-12-4-2-11(3-5-12)18(21)22)27-13-6-7-14-15(8-13)25-9-24-14/h2-8,10H,9H2,1H3,(H,17,23)(H,19,20)/t10-,28?/m0/s1. The van der Waals surface area contributed by atoms with E-state index < -0.39 is 24.7 Å². The molecule has 1 aliphatic heterocycles. The summed E-state index contributed by atoms with van der Waals surface area (Å²) in [6.07, 6.45) is 0. The number of aliphatic carboxylic acids is 1. The highest BCUT2D eigenvalue weighted by atomic mass is 31.2. The highest BCUT2D eigenvalue weighted by Gasteiger charge is 2.33. The first-order valence-electron chi connectivity index (χ1n) is 7.90. The summed E-state index contributed by atoms with van der Waals surface area (Å²) in [6.45, 7) is 1.29. The minimum Gasteiger partial charge on any atom is -0.480 e. The van der Waals surface area contributed by atoms with Gasteiger partial charge in [-0.05, 0) is 31.2 Å². The lowest BCUT2D eigenvalue weighted by molar-refractivity contribution is -0.384. The van der Waals surface area contributed by atoms with Crippen molar-refractivity contribution in [2.75, 3.05) is 6.79 Å². The molecule has 0 aromatic heterocycles. The first-order chi connectivity index (χ1) is 13.3. The van der Waals surface area contributed by atoms with E-state index in [0.29, 0.717) is 11.5 Å². The van der Waals surface area contributed by atoms with Crippen LogP contribution in [0.4, 0.5) is 5.69 Å². The average molecular weight is 410 g/mol. The molecule has 0 radical (unpaired) electrons. The minimum absolute atomic E-state index is 0.0141. The van der Waals surface area contributed by atoms with Gasteiger partial charge < -0.3 is 23.6 Å². The molecule has 11 nitrogen and oxygen atoms in total. The molecule has 28 heavy (non-hydrogen) atoms. The summed E-state index contributed by atoms with van der Waals surface area (Å²) in [4.78, 5) is 21.3. The molecule has 0 spiro atoms. The first kappa shape index (κ1) is 19.5. The Bertz CT molecular complexity index is 948. The highest BCUT2D eigenvalue weighted by Crippen LogP contribution is 2.47. The number of benzene rings is 2. The second-order valence-electron chi connectivity index (χ2n) is 5.64. The Morgan fingerprint density at radius 3 is 2.43 bits per heavy atom. The van der Waals surface area contributed by atoms with Crippen molar-refractivity contribution in [3.8, 4) is 23.0 Å². The summed E-state index contributed by atoms with van der Waals surface area (Å²) in [5.74, 6) is -0.364. The van der Waals surface area contributed by atoms with Gasteiger partial charge in [0.15, 0.2) is 11.5 Å². The monoisotopic (exact) mass is 410 g/mol. The molecular formula is C16H15N2O9P. The number of fused-ring (bicyclic) bond motifs is 1. The van der Waals surface area contributed by atoms with Crippen LogP contribution in [0.3, 0.4) is 0 Å². The molecule has 2 N–H and O–H groups in total. The summed E-state index contributed by atoms with van der Waals surface area (Å²) < 4.78 is 34.3. The van der Waals surface area contributed by atoms with E-state index >= 15 is 0 Å². The third-order valence-electron chi connectivity index (χ3n) is 3.56. The Balaban J connectivity index is 1.85. The molecule has 1 aliphatic rings. The second kappa shape index (κ2) is 7.75. The smallest absolute Gasteiger partial charge is 0.480 e. The molecule has 2 atom stereocenters. The molecule has 0 saturated heterocycles. The van der Waals surface area contributed by atoms with Gasteiger partial charge in [-0.2, -0.15) is 5.09 Å². The van der Waals surface area contributed by atoms with E-state index in [4.69, 9.17) is 23.6 Å². The Hall–Kier alpha value is -3.30. The molecule has 0 saturated carbocycles. The lowest BCUT2D eigenvalue weighted by Crippen LogP contribution is -2.34. The van der Waals surface area contributed by atoms with Crippen LogP contribution < -0.4 is 23.6 Å². The fraction of sp³-hybridized carbons (Fsp3) is 0.188. The van der Waals surface area contributed by atoms with E-state index in [1.165, 1.54) is 37.3 Å². The number of carboxylic acids is 1. The Morgan fingerprint density at radius 2 is 1.79 bits per heavy atom. The number of ether oxygens (including phenoxy) is 2. The number of carboxylic acid groups (broad SMARTS) is 1. The number of non-ortho nitro benzene ring substituents is 1. The summed E-state index contributed by atoms with van der Waals surface area (Å²) >= 11 is 0. The molecule has 0 bridgehead atoms. The van der Waals surface area contributed by atoms with Crippen LogP contribution in [-0.4, -0.2) is 28.8 Å². The van der Waals surface area contributed by atoms with Crippen molar-refractivity contribution in [1.29, 1.82) is 0 Å². The van der Waals surface area contributed by atoms with E-state index in [-0.39, 0.29) is 24.0 Å². The fourth-order valence-electron chi connectivity index (χ4n) is 2.20. The van der Waals surface area contributed by atoms with Gasteiger partial charge in [0.25, 0.3) is 5.69 Å². The maximum atomic E-state index is 13.2. The van der Waals surface area contributed by atoms with Crippen LogP contribution in [0.25, 0.3) is 0 Å². The van der Waals surface area contributed by atoms with Gasteiger partial charge in [0.05, 0.1) is 4.92 Å². The van der Waals surface area contributed by atoms with Gasteiger partial charge in [-0.3, -0.25) is 14.9 Å². The van der Waals surface area contributed by atoms with Gasteiger partial charge in [0.2, 0.25) is 6.79 Å². The van der Waals surface area contributed by atoms with Crippen molar-refractivity contribution in [1.82, 2.24) is 5.09 Å². The fourth-order valence-corrected chi connectivity index (χ4v) is 3.72. The third kappa shape index (κ3) is 4.51. The molecule has 2 aromatic rings. The van der Waals surface area contributed by atoms with E-state index in [2.05, 4.69) is 5.09 Å². The minimum atomic E-state index is -4.23. The Morgan fingerprint density at radius 1 is 1.18 bits per heavy atom. The molecule has 0 aliphatic carbocycles. The molecule has 1 heterocycles. The molecule has 148 valence electrons. The number of nitrogens with one attached hydrogen (secondary N) is 1. The van der Waals surface area contributed by atoms with E-state index in [1.54, 1.807) is 0 Å². The van der Waals surface area contributed by atoms with Crippen LogP contribution in [-0.2, 0) is 9.36 Å². The van der Waals surface area contributed by atoms with Crippen LogP contribution in [0.2, 0.25) is 0 Å². The zero-order valence-electron chi connectivity index (χ0n) is 14.4. The lowest BCUT2D eigenvalue weighted by atomic mass is 10.3. The van der Waals surface area contributed by atoms with Gasteiger partial charge >= 0.3 is 13.7 Å². The van der Waals surface area contributed by atoms with Crippen LogP contribution in [0, 0.1) is 10.1 Å². The first-order valence-corrected chi connectivity index (χ1v) is 9.44. The number of nitro groups is 1. The molecule has 2 aromatic carbocycles. The van der Waals surface area contributed by atoms with E-state index in [0.717, 1.165) is 12.1 Å². The number of nitro benzene ring substituents is 1. The van der Waals surface area contributed by atoms with Crippen LogP contribution in [0.5, 0.6) is 23.0 Å². The molecule has 0 amide bonds. The van der Waals surface area contributed by atoms with Crippen molar-refractivity contribution in [2.45, 2.75) is 13.0 Å². The topological polar surface area (TPSA) is 146 Å². The SMILES string of the molecule is C[C@H](NP(=O)(Oc1ccc([N+](=O)[O-])cc1)Oc1ccc2c(c1)OCO2)C(=O)O. The number of carbonyl (C=O) groups is 1. The van der Waals surface area contributed by atoms with Crippen LogP contribution in [0.15, 0.2) is 42.5 Å². The van der Waals surface area contributed by atoms with Crippen molar-refractivity contribution < 1.29 is 37.9 Å². The van der Waals surface area contributed by atoms with Gasteiger partial charge in [0.1, 0.15) is 17.5 Å². The van der Waals surface area contributed by atoms with Crippen LogP contribution >= 0.6 is 7.75 Å². The Labute approximate surface area is 158 Å². The molecule has 3 rings (SSSR count). The number of hydrogen-bond donors (Lipinski definition) is 2. The summed E-state index contributed by atoms with van der Waals surface area (Å²) in [5, 5.41) is 22.1. The highest BCUT2D eigenvalue weighted by molar-refractivity contribution is 7.52.